The highest BCUT2D eigenvalue weighted by Crippen LogP contribution is 2.17. The van der Waals surface area contributed by atoms with E-state index in [1.165, 1.54) is 10.9 Å². The average molecular weight is 340 g/mol. The van der Waals surface area contributed by atoms with E-state index in [1.54, 1.807) is 12.4 Å². The maximum Gasteiger partial charge on any atom is 0.341 e. The number of H-pyrrole nitrogens is 1. The van der Waals surface area contributed by atoms with Crippen molar-refractivity contribution in [2.45, 2.75) is 39.7 Å². The lowest BCUT2D eigenvalue weighted by atomic mass is 9.96. The van der Waals surface area contributed by atoms with E-state index in [0.717, 1.165) is 5.56 Å². The van der Waals surface area contributed by atoms with Crippen molar-refractivity contribution in [3.63, 3.8) is 0 Å². The number of carbonyl (C=O) groups is 1. The molecule has 8 heteroatoms. The highest BCUT2D eigenvalue weighted by Gasteiger charge is 2.20. The third kappa shape index (κ3) is 3.90. The molecule has 0 atom stereocenters. The molecule has 130 valence electrons. The van der Waals surface area contributed by atoms with Gasteiger partial charge in [-0.15, -0.1) is 0 Å². The summed E-state index contributed by atoms with van der Waals surface area (Å²) in [5, 5.41) is 11.1. The first-order valence-corrected chi connectivity index (χ1v) is 7.89. The van der Waals surface area contributed by atoms with Crippen LogP contribution >= 0.6 is 0 Å². The van der Waals surface area contributed by atoms with Crippen molar-refractivity contribution in [2.24, 2.45) is 0 Å². The van der Waals surface area contributed by atoms with Gasteiger partial charge < -0.3 is 4.74 Å². The lowest BCUT2D eigenvalue weighted by Crippen LogP contribution is -2.13. The molecule has 0 bridgehead atoms. The average Bonchev–Trinajstić information content (AvgIpc) is 3.21. The van der Waals surface area contributed by atoms with E-state index >= 15 is 0 Å². The molecule has 3 rings (SSSR count). The number of nitrogens with zero attached hydrogens (tertiary/aromatic N) is 5. The van der Waals surface area contributed by atoms with Crippen molar-refractivity contribution >= 4 is 5.97 Å². The molecule has 0 radical (unpaired) electrons. The first-order valence-electron chi connectivity index (χ1n) is 7.89. The van der Waals surface area contributed by atoms with Gasteiger partial charge >= 0.3 is 5.97 Å². The van der Waals surface area contributed by atoms with Gasteiger partial charge in [0.15, 0.2) is 24.1 Å². The summed E-state index contributed by atoms with van der Waals surface area (Å²) in [4.78, 5) is 20.7. The number of hydrogen-bond donors (Lipinski definition) is 1. The Labute approximate surface area is 145 Å². The van der Waals surface area contributed by atoms with Crippen molar-refractivity contribution in [3.05, 3.63) is 53.5 Å². The Hall–Kier alpha value is -3.03. The van der Waals surface area contributed by atoms with E-state index in [0.29, 0.717) is 23.0 Å². The van der Waals surface area contributed by atoms with E-state index in [4.69, 9.17) is 4.74 Å². The Morgan fingerprint density at radius 3 is 2.84 bits per heavy atom. The van der Waals surface area contributed by atoms with Gasteiger partial charge in [0.1, 0.15) is 0 Å². The second-order valence-electron chi connectivity index (χ2n) is 6.80. The maximum atomic E-state index is 12.2. The summed E-state index contributed by atoms with van der Waals surface area (Å²) in [6.07, 6.45) is 4.74. The van der Waals surface area contributed by atoms with Crippen LogP contribution in [-0.4, -0.2) is 35.9 Å². The van der Waals surface area contributed by atoms with Crippen LogP contribution in [0.15, 0.2) is 30.7 Å². The first kappa shape index (κ1) is 16.8. The number of rotatable bonds is 4. The summed E-state index contributed by atoms with van der Waals surface area (Å²) in [6, 6.07) is 3.77. The molecule has 0 aromatic carbocycles. The molecule has 3 aromatic heterocycles. The summed E-state index contributed by atoms with van der Waals surface area (Å²) in [5.41, 5.74) is 1.24. The van der Waals surface area contributed by atoms with Crippen molar-refractivity contribution in [1.82, 2.24) is 29.9 Å². The van der Waals surface area contributed by atoms with Gasteiger partial charge in [-0.1, -0.05) is 20.8 Å². The smallest absolute Gasteiger partial charge is 0.341 e. The Morgan fingerprint density at radius 1 is 1.36 bits per heavy atom. The van der Waals surface area contributed by atoms with Crippen LogP contribution in [0.5, 0.6) is 0 Å². The van der Waals surface area contributed by atoms with Gasteiger partial charge in [-0.25, -0.2) is 19.4 Å². The summed E-state index contributed by atoms with van der Waals surface area (Å²) in [5.74, 6) is 1.35. The topological polar surface area (TPSA) is 98.6 Å². The molecule has 25 heavy (non-hydrogen) atoms. The molecule has 0 fully saturated rings. The molecule has 0 aliphatic rings. The van der Waals surface area contributed by atoms with Gasteiger partial charge in [0.25, 0.3) is 0 Å². The van der Waals surface area contributed by atoms with E-state index < -0.39 is 5.97 Å². The summed E-state index contributed by atoms with van der Waals surface area (Å²) < 4.78 is 6.80. The molecular weight excluding hydrogens is 320 g/mol. The van der Waals surface area contributed by atoms with Crippen molar-refractivity contribution in [3.8, 4) is 5.82 Å². The van der Waals surface area contributed by atoms with Gasteiger partial charge in [0.05, 0.1) is 11.8 Å². The van der Waals surface area contributed by atoms with Gasteiger partial charge in [0, 0.05) is 17.8 Å². The minimum absolute atomic E-state index is 0.0236. The lowest BCUT2D eigenvalue weighted by Gasteiger charge is -2.11. The lowest BCUT2D eigenvalue weighted by molar-refractivity contribution is 0.0462. The number of nitrogens with one attached hydrogen (secondary N) is 1. The molecule has 3 aromatic rings. The normalized spacial score (nSPS) is 11.5. The predicted molar refractivity (Wildman–Crippen MR) is 90.3 cm³/mol. The van der Waals surface area contributed by atoms with Gasteiger partial charge in [-0.2, -0.15) is 10.2 Å². The zero-order chi connectivity index (χ0) is 18.0. The van der Waals surface area contributed by atoms with Crippen molar-refractivity contribution in [1.29, 1.82) is 0 Å². The third-order valence-corrected chi connectivity index (χ3v) is 3.50. The second-order valence-corrected chi connectivity index (χ2v) is 6.80. The van der Waals surface area contributed by atoms with Crippen LogP contribution in [0.25, 0.3) is 5.82 Å². The Balaban J connectivity index is 1.65. The molecule has 0 unspecified atom stereocenters. The Kier molecular flexibility index (Phi) is 4.35. The number of carbonyl (C=O) groups excluding carboxylic acids is 1. The number of aromatic amines is 1. The number of esters is 1. The largest absolute Gasteiger partial charge is 0.454 e. The highest BCUT2D eigenvalue weighted by molar-refractivity contribution is 5.88. The zero-order valence-corrected chi connectivity index (χ0v) is 14.6. The van der Waals surface area contributed by atoms with Crippen LogP contribution in [-0.2, 0) is 16.8 Å². The number of aromatic nitrogens is 6. The minimum Gasteiger partial charge on any atom is -0.454 e. The predicted octanol–water partition coefficient (Wildman–Crippen LogP) is 2.35. The summed E-state index contributed by atoms with van der Waals surface area (Å²) in [6.45, 7) is 8.03. The van der Waals surface area contributed by atoms with Crippen LogP contribution in [0.4, 0.5) is 0 Å². The Morgan fingerprint density at radius 2 is 2.16 bits per heavy atom. The summed E-state index contributed by atoms with van der Waals surface area (Å²) in [7, 11) is 0. The SMILES string of the molecule is Cc1ccnc(-n2cc(C(=O)OCc3nc(C(C)(C)C)n[nH]3)cn2)c1. The molecule has 8 nitrogen and oxygen atoms in total. The standard InChI is InChI=1S/C17H20N6O2/c1-11-5-6-18-14(7-11)23-9-12(8-19-23)15(24)25-10-13-20-16(22-21-13)17(2,3)4/h5-9H,10H2,1-4H3,(H,20,21,22). The Bertz CT molecular complexity index is 890. The molecule has 3 heterocycles. The highest BCUT2D eigenvalue weighted by atomic mass is 16.5. The number of ether oxygens (including phenoxy) is 1. The number of aryl methyl sites for hydroxylation is 1. The quantitative estimate of drug-likeness (QED) is 0.732. The number of pyridine rings is 1. The molecule has 0 saturated heterocycles. The van der Waals surface area contributed by atoms with Crippen LogP contribution < -0.4 is 0 Å². The molecule has 0 aliphatic heterocycles. The maximum absolute atomic E-state index is 12.2. The van der Waals surface area contributed by atoms with Crippen LogP contribution in [0, 0.1) is 6.92 Å². The fourth-order valence-corrected chi connectivity index (χ4v) is 2.11. The first-order chi connectivity index (χ1) is 11.8. The molecule has 0 amide bonds. The van der Waals surface area contributed by atoms with Gasteiger partial charge in [-0.3, -0.25) is 5.10 Å². The van der Waals surface area contributed by atoms with Crippen LogP contribution in [0.3, 0.4) is 0 Å². The third-order valence-electron chi connectivity index (χ3n) is 3.50. The minimum atomic E-state index is -0.479. The molecule has 0 spiro atoms. The molecule has 0 saturated carbocycles. The summed E-state index contributed by atoms with van der Waals surface area (Å²) >= 11 is 0. The number of hydrogen-bond acceptors (Lipinski definition) is 6. The van der Waals surface area contributed by atoms with E-state index in [9.17, 15) is 4.79 Å². The van der Waals surface area contributed by atoms with Crippen molar-refractivity contribution < 1.29 is 9.53 Å². The van der Waals surface area contributed by atoms with Crippen molar-refractivity contribution in [2.75, 3.05) is 0 Å². The fraction of sp³-hybridized carbons (Fsp3) is 0.353. The van der Waals surface area contributed by atoms with Gasteiger partial charge in [-0.05, 0) is 24.6 Å². The molecular formula is C17H20N6O2. The molecule has 1 N–H and O–H groups in total. The van der Waals surface area contributed by atoms with E-state index in [-0.39, 0.29) is 12.0 Å². The van der Waals surface area contributed by atoms with Gasteiger partial charge in [0.2, 0.25) is 0 Å². The van der Waals surface area contributed by atoms with E-state index in [2.05, 4.69) is 25.3 Å². The van der Waals surface area contributed by atoms with Crippen LogP contribution in [0.1, 0.15) is 48.3 Å². The fourth-order valence-electron chi connectivity index (χ4n) is 2.11. The second kappa shape index (κ2) is 6.46. The van der Waals surface area contributed by atoms with Crippen LogP contribution in [0.2, 0.25) is 0 Å². The monoisotopic (exact) mass is 340 g/mol. The zero-order valence-electron chi connectivity index (χ0n) is 14.6. The molecule has 0 aliphatic carbocycles. The van der Waals surface area contributed by atoms with E-state index in [1.807, 2.05) is 39.8 Å².